The molecule has 0 heterocycles. The van der Waals surface area contributed by atoms with Crippen LogP contribution in [0.3, 0.4) is 0 Å². The molecule has 1 aromatic rings. The van der Waals surface area contributed by atoms with Crippen LogP contribution in [-0.4, -0.2) is 14.5 Å². The first-order chi connectivity index (χ1) is 9.94. The van der Waals surface area contributed by atoms with Gasteiger partial charge >= 0.3 is 0 Å². The minimum Gasteiger partial charge on any atom is -0.398 e. The predicted octanol–water partition coefficient (Wildman–Crippen LogP) is 3.47. The number of nitrogens with one attached hydrogen (secondary N) is 1. The highest BCUT2D eigenvalue weighted by molar-refractivity contribution is 7.89. The second-order valence-corrected chi connectivity index (χ2v) is 7.18. The van der Waals surface area contributed by atoms with Crippen LogP contribution in [-0.2, 0) is 16.4 Å². The second-order valence-electron chi connectivity index (χ2n) is 5.46. The third-order valence-electron chi connectivity index (χ3n) is 3.67. The molecule has 0 radical (unpaired) electrons. The van der Waals surface area contributed by atoms with E-state index in [9.17, 15) is 8.42 Å². The van der Waals surface area contributed by atoms with Gasteiger partial charge in [-0.3, -0.25) is 0 Å². The average Bonchev–Trinajstić information content (AvgIpc) is 2.44. The van der Waals surface area contributed by atoms with Gasteiger partial charge in [0.2, 0.25) is 10.0 Å². The lowest BCUT2D eigenvalue weighted by atomic mass is 10.1. The maximum Gasteiger partial charge on any atom is 0.240 e. The topological polar surface area (TPSA) is 72.2 Å². The third kappa shape index (κ3) is 5.32. The maximum atomic E-state index is 12.5. The number of anilines is 1. The molecule has 0 aliphatic heterocycles. The first-order valence-corrected chi connectivity index (χ1v) is 9.33. The van der Waals surface area contributed by atoms with E-state index in [0.29, 0.717) is 5.69 Å². The van der Waals surface area contributed by atoms with Crippen LogP contribution < -0.4 is 10.5 Å². The molecule has 3 N–H and O–H groups in total. The summed E-state index contributed by atoms with van der Waals surface area (Å²) in [6, 6.07) is 5.00. The Kier molecular flexibility index (Phi) is 7.18. The minimum absolute atomic E-state index is 0.00651. The molecular formula is C16H28N2O2S. The molecule has 0 saturated heterocycles. The van der Waals surface area contributed by atoms with Gasteiger partial charge < -0.3 is 5.73 Å². The van der Waals surface area contributed by atoms with Gasteiger partial charge in [0.05, 0.1) is 4.90 Å². The molecule has 1 unspecified atom stereocenters. The Morgan fingerprint density at radius 1 is 1.14 bits per heavy atom. The van der Waals surface area contributed by atoms with E-state index >= 15 is 0 Å². The number of aryl methyl sites for hydroxylation is 1. The van der Waals surface area contributed by atoms with Gasteiger partial charge in [-0.05, 0) is 37.0 Å². The Morgan fingerprint density at radius 2 is 1.86 bits per heavy atom. The fourth-order valence-corrected chi connectivity index (χ4v) is 3.75. The van der Waals surface area contributed by atoms with Crippen molar-refractivity contribution in [1.82, 2.24) is 4.72 Å². The van der Waals surface area contributed by atoms with Crippen LogP contribution >= 0.6 is 0 Å². The maximum absolute atomic E-state index is 12.5. The molecular weight excluding hydrogens is 284 g/mol. The van der Waals surface area contributed by atoms with E-state index < -0.39 is 10.0 Å². The average molecular weight is 312 g/mol. The molecule has 0 aliphatic carbocycles. The fourth-order valence-electron chi connectivity index (χ4n) is 2.41. The van der Waals surface area contributed by atoms with E-state index in [0.717, 1.165) is 44.1 Å². The third-order valence-corrected chi connectivity index (χ3v) is 5.19. The molecule has 0 aliphatic rings. The molecule has 1 aromatic carbocycles. The number of nitrogens with two attached hydrogens (primary N) is 1. The van der Waals surface area contributed by atoms with E-state index in [1.54, 1.807) is 18.2 Å². The molecule has 0 saturated carbocycles. The molecule has 120 valence electrons. The molecule has 0 amide bonds. The summed E-state index contributed by atoms with van der Waals surface area (Å²) < 4.78 is 27.8. The van der Waals surface area contributed by atoms with Gasteiger partial charge in [-0.25, -0.2) is 13.1 Å². The summed E-state index contributed by atoms with van der Waals surface area (Å²) in [7, 11) is -3.49. The summed E-state index contributed by atoms with van der Waals surface area (Å²) >= 11 is 0. The van der Waals surface area contributed by atoms with Gasteiger partial charge in [0, 0.05) is 11.7 Å². The van der Waals surface area contributed by atoms with Gasteiger partial charge in [0.1, 0.15) is 0 Å². The quantitative estimate of drug-likeness (QED) is 0.686. The monoisotopic (exact) mass is 312 g/mol. The van der Waals surface area contributed by atoms with Crippen molar-refractivity contribution in [3.63, 3.8) is 0 Å². The van der Waals surface area contributed by atoms with Gasteiger partial charge in [-0.15, -0.1) is 0 Å². The number of sulfonamides is 1. The fraction of sp³-hybridized carbons (Fsp3) is 0.625. The van der Waals surface area contributed by atoms with E-state index in [1.807, 2.05) is 6.92 Å². The number of benzene rings is 1. The molecule has 1 atom stereocenters. The van der Waals surface area contributed by atoms with Crippen LogP contribution in [0.4, 0.5) is 5.69 Å². The number of hydrogen-bond donors (Lipinski definition) is 2. The zero-order valence-electron chi connectivity index (χ0n) is 13.4. The van der Waals surface area contributed by atoms with Crippen LogP contribution in [0, 0.1) is 0 Å². The summed E-state index contributed by atoms with van der Waals surface area (Å²) in [4.78, 5) is 0.259. The van der Waals surface area contributed by atoms with Crippen molar-refractivity contribution in [2.75, 3.05) is 5.73 Å². The van der Waals surface area contributed by atoms with Crippen LogP contribution in [0.1, 0.15) is 58.4 Å². The highest BCUT2D eigenvalue weighted by atomic mass is 32.2. The standard InChI is InChI=1S/C16H28N2O2S/c1-4-7-9-14(8-5-2)18-21(19,20)15-11-10-13(6-3)16(17)12-15/h10-12,14,18H,4-9,17H2,1-3H3. The SMILES string of the molecule is CCCCC(CCC)NS(=O)(=O)c1ccc(CC)c(N)c1. The van der Waals surface area contributed by atoms with Crippen molar-refractivity contribution in [2.45, 2.75) is 70.2 Å². The van der Waals surface area contributed by atoms with Crippen molar-refractivity contribution >= 4 is 15.7 Å². The highest BCUT2D eigenvalue weighted by Crippen LogP contribution is 2.20. The van der Waals surface area contributed by atoms with Gasteiger partial charge in [-0.2, -0.15) is 0 Å². The molecule has 4 nitrogen and oxygen atoms in total. The molecule has 5 heteroatoms. The lowest BCUT2D eigenvalue weighted by molar-refractivity contribution is 0.483. The zero-order valence-corrected chi connectivity index (χ0v) is 14.2. The largest absolute Gasteiger partial charge is 0.398 e. The van der Waals surface area contributed by atoms with Gasteiger partial charge in [0.25, 0.3) is 0 Å². The Hall–Kier alpha value is -1.07. The molecule has 0 aromatic heterocycles. The molecule has 0 bridgehead atoms. The van der Waals surface area contributed by atoms with Crippen LogP contribution in [0.2, 0.25) is 0 Å². The number of nitrogen functional groups attached to an aromatic ring is 1. The Balaban J connectivity index is 2.90. The predicted molar refractivity (Wildman–Crippen MR) is 88.8 cm³/mol. The Bertz CT molecular complexity index is 541. The Morgan fingerprint density at radius 3 is 2.38 bits per heavy atom. The lowest BCUT2D eigenvalue weighted by Crippen LogP contribution is -2.34. The van der Waals surface area contributed by atoms with E-state index in [4.69, 9.17) is 5.73 Å². The molecule has 21 heavy (non-hydrogen) atoms. The minimum atomic E-state index is -3.49. The molecule has 1 rings (SSSR count). The molecule has 0 spiro atoms. The van der Waals surface area contributed by atoms with Crippen molar-refractivity contribution < 1.29 is 8.42 Å². The molecule has 0 fully saturated rings. The van der Waals surface area contributed by atoms with Crippen LogP contribution in [0.15, 0.2) is 23.1 Å². The highest BCUT2D eigenvalue weighted by Gasteiger charge is 2.20. The van der Waals surface area contributed by atoms with Gasteiger partial charge in [0.15, 0.2) is 0 Å². The van der Waals surface area contributed by atoms with E-state index in [-0.39, 0.29) is 10.9 Å². The normalized spacial score (nSPS) is 13.3. The van der Waals surface area contributed by atoms with Crippen molar-refractivity contribution in [3.8, 4) is 0 Å². The summed E-state index contributed by atoms with van der Waals surface area (Å²) in [5, 5.41) is 0. The first-order valence-electron chi connectivity index (χ1n) is 7.85. The summed E-state index contributed by atoms with van der Waals surface area (Å²) in [6.45, 7) is 6.18. The van der Waals surface area contributed by atoms with Crippen molar-refractivity contribution in [1.29, 1.82) is 0 Å². The van der Waals surface area contributed by atoms with E-state index in [1.165, 1.54) is 0 Å². The smallest absolute Gasteiger partial charge is 0.240 e. The Labute approximate surface area is 129 Å². The summed E-state index contributed by atoms with van der Waals surface area (Å²) in [5.74, 6) is 0. The van der Waals surface area contributed by atoms with Crippen LogP contribution in [0.5, 0.6) is 0 Å². The van der Waals surface area contributed by atoms with E-state index in [2.05, 4.69) is 18.6 Å². The summed E-state index contributed by atoms with van der Waals surface area (Å²) in [5.41, 5.74) is 7.43. The lowest BCUT2D eigenvalue weighted by Gasteiger charge is -2.18. The first kappa shape index (κ1) is 18.0. The zero-order chi connectivity index (χ0) is 15.9. The second kappa shape index (κ2) is 8.39. The van der Waals surface area contributed by atoms with Crippen molar-refractivity contribution in [2.24, 2.45) is 0 Å². The number of rotatable bonds is 9. The van der Waals surface area contributed by atoms with Gasteiger partial charge in [-0.1, -0.05) is 46.1 Å². The van der Waals surface area contributed by atoms with Crippen molar-refractivity contribution in [3.05, 3.63) is 23.8 Å². The number of hydrogen-bond acceptors (Lipinski definition) is 3. The van der Waals surface area contributed by atoms with Crippen LogP contribution in [0.25, 0.3) is 0 Å². The summed E-state index contributed by atoms with van der Waals surface area (Å²) in [6.07, 6.45) is 5.61. The number of unbranched alkanes of at least 4 members (excludes halogenated alkanes) is 1.